The second-order valence-electron chi connectivity index (χ2n) is 6.83. The number of carbonyl (C=O) groups is 1. The Morgan fingerprint density at radius 1 is 1.36 bits per heavy atom. The molecule has 1 aromatic carbocycles. The molecule has 2 atom stereocenters. The first-order valence-electron chi connectivity index (χ1n) is 8.16. The lowest BCUT2D eigenvalue weighted by molar-refractivity contribution is -0.121. The summed E-state index contributed by atoms with van der Waals surface area (Å²) in [7, 11) is 0. The van der Waals surface area contributed by atoms with Gasteiger partial charge in [-0.15, -0.1) is 0 Å². The van der Waals surface area contributed by atoms with Gasteiger partial charge < -0.3 is 10.6 Å². The quantitative estimate of drug-likeness (QED) is 0.751. The summed E-state index contributed by atoms with van der Waals surface area (Å²) in [6.45, 7) is 12.9. The maximum atomic E-state index is 14.0. The molecule has 1 aliphatic heterocycles. The van der Waals surface area contributed by atoms with Gasteiger partial charge in [0.05, 0.1) is 11.6 Å². The molecule has 0 unspecified atom stereocenters. The minimum absolute atomic E-state index is 0.203. The Morgan fingerprint density at radius 2 is 2.00 bits per heavy atom. The number of alkyl halides is 1. The fraction of sp³-hybridized carbons (Fsp3) is 0.350. The highest BCUT2D eigenvalue weighted by atomic mass is 19.1. The van der Waals surface area contributed by atoms with Crippen LogP contribution >= 0.6 is 0 Å². The van der Waals surface area contributed by atoms with E-state index in [1.165, 1.54) is 19.9 Å². The van der Waals surface area contributed by atoms with Gasteiger partial charge in [0.2, 0.25) is 5.91 Å². The predicted octanol–water partition coefficient (Wildman–Crippen LogP) is 4.36. The first kappa shape index (κ1) is 18.9. The molecule has 1 aliphatic rings. The second kappa shape index (κ2) is 7.21. The molecule has 3 nitrogen and oxygen atoms in total. The smallest absolute Gasteiger partial charge is 0.229 e. The van der Waals surface area contributed by atoms with Crippen molar-refractivity contribution in [3.05, 3.63) is 66.2 Å². The third kappa shape index (κ3) is 4.35. The van der Waals surface area contributed by atoms with Gasteiger partial charge >= 0.3 is 0 Å². The topological polar surface area (TPSA) is 41.1 Å². The Morgan fingerprint density at radius 3 is 2.60 bits per heavy atom. The third-order valence-corrected chi connectivity index (χ3v) is 4.54. The molecular weight excluding hydrogens is 322 g/mol. The summed E-state index contributed by atoms with van der Waals surface area (Å²) in [5.41, 5.74) is 0.355. The number of anilines is 1. The molecule has 0 spiro atoms. The zero-order chi connectivity index (χ0) is 18.8. The molecule has 25 heavy (non-hydrogen) atoms. The molecule has 1 aromatic rings. The van der Waals surface area contributed by atoms with Gasteiger partial charge in [0, 0.05) is 18.2 Å². The fourth-order valence-corrected chi connectivity index (χ4v) is 2.74. The lowest BCUT2D eigenvalue weighted by atomic mass is 9.85. The zero-order valence-electron chi connectivity index (χ0n) is 14.8. The normalized spacial score (nSPS) is 21.0. The average Bonchev–Trinajstić information content (AvgIpc) is 2.90. The Kier molecular flexibility index (Phi) is 5.45. The minimum atomic E-state index is -1.46. The van der Waals surface area contributed by atoms with E-state index < -0.39 is 17.4 Å². The van der Waals surface area contributed by atoms with Crippen molar-refractivity contribution in [1.29, 1.82) is 0 Å². The van der Waals surface area contributed by atoms with Crippen molar-refractivity contribution < 1.29 is 13.6 Å². The van der Waals surface area contributed by atoms with E-state index >= 15 is 0 Å². The number of hydrogen-bond donors (Lipinski definition) is 2. The van der Waals surface area contributed by atoms with Crippen molar-refractivity contribution in [3.8, 4) is 0 Å². The molecule has 134 valence electrons. The second-order valence-corrected chi connectivity index (χ2v) is 6.83. The van der Waals surface area contributed by atoms with E-state index in [0.29, 0.717) is 23.4 Å². The van der Waals surface area contributed by atoms with Gasteiger partial charge in [-0.25, -0.2) is 8.78 Å². The highest BCUT2D eigenvalue weighted by Gasteiger charge is 2.38. The number of para-hydroxylation sites is 1. The molecule has 1 saturated heterocycles. The number of nitrogens with one attached hydrogen (secondary N) is 2. The fourth-order valence-electron chi connectivity index (χ4n) is 2.74. The van der Waals surface area contributed by atoms with E-state index in [1.807, 2.05) is 0 Å². The first-order chi connectivity index (χ1) is 11.6. The number of carbonyl (C=O) groups excluding carboxylic acids is 1. The van der Waals surface area contributed by atoms with Gasteiger partial charge in [-0.05, 0) is 44.1 Å². The standard InChI is InChI=1S/C20H24F2N2O/c1-12(10-13(2)20(4,5)22)15-11-23-19(25)18(15)14(3)24-17-9-7-6-8-16(17)21/h6-10,15,18,24H,1,3,11H2,2,4-5H3,(H,23,25)/b13-10+/t15-,18-/m1/s1. The van der Waals surface area contributed by atoms with Crippen LogP contribution in [0.5, 0.6) is 0 Å². The molecule has 5 heteroatoms. The van der Waals surface area contributed by atoms with Crippen molar-refractivity contribution in [2.45, 2.75) is 26.4 Å². The van der Waals surface area contributed by atoms with Crippen LogP contribution < -0.4 is 10.6 Å². The predicted molar refractivity (Wildman–Crippen MR) is 97.2 cm³/mol. The maximum Gasteiger partial charge on any atom is 0.229 e. The summed E-state index contributed by atoms with van der Waals surface area (Å²) in [6.07, 6.45) is 1.67. The summed E-state index contributed by atoms with van der Waals surface area (Å²) in [6, 6.07) is 6.19. The minimum Gasteiger partial charge on any atom is -0.356 e. The molecule has 2 rings (SSSR count). The molecule has 0 bridgehead atoms. The van der Waals surface area contributed by atoms with Crippen molar-refractivity contribution in [1.82, 2.24) is 5.32 Å². The van der Waals surface area contributed by atoms with E-state index in [-0.39, 0.29) is 17.5 Å². The van der Waals surface area contributed by atoms with Gasteiger partial charge in [0.15, 0.2) is 0 Å². The van der Waals surface area contributed by atoms with Gasteiger partial charge in [-0.1, -0.05) is 31.4 Å². The highest BCUT2D eigenvalue weighted by molar-refractivity contribution is 5.85. The molecule has 0 aromatic heterocycles. The van der Waals surface area contributed by atoms with Crippen LogP contribution in [0.15, 0.2) is 60.3 Å². The van der Waals surface area contributed by atoms with Crippen molar-refractivity contribution in [2.75, 3.05) is 11.9 Å². The van der Waals surface area contributed by atoms with Crippen molar-refractivity contribution in [2.24, 2.45) is 11.8 Å². The van der Waals surface area contributed by atoms with Gasteiger partial charge in [0.1, 0.15) is 11.5 Å². The Hall–Kier alpha value is -2.43. The Labute approximate surface area is 147 Å². The van der Waals surface area contributed by atoms with Gasteiger partial charge in [-0.2, -0.15) is 0 Å². The first-order valence-corrected chi connectivity index (χ1v) is 8.16. The number of rotatable bonds is 6. The van der Waals surface area contributed by atoms with Crippen LogP contribution in [0.1, 0.15) is 20.8 Å². The Bertz CT molecular complexity index is 731. The van der Waals surface area contributed by atoms with E-state index in [9.17, 15) is 13.6 Å². The number of hydrogen-bond acceptors (Lipinski definition) is 2. The Balaban J connectivity index is 2.20. The molecular formula is C20H24F2N2O. The lowest BCUT2D eigenvalue weighted by Gasteiger charge is -2.23. The van der Waals surface area contributed by atoms with Crippen LogP contribution in [0, 0.1) is 17.7 Å². The molecule has 0 aliphatic carbocycles. The molecule has 1 amide bonds. The molecule has 2 N–H and O–H groups in total. The van der Waals surface area contributed by atoms with E-state index in [1.54, 1.807) is 31.2 Å². The number of allylic oxidation sites excluding steroid dienone is 2. The van der Waals surface area contributed by atoms with Crippen molar-refractivity contribution >= 4 is 11.6 Å². The summed E-state index contributed by atoms with van der Waals surface area (Å²) in [4.78, 5) is 12.2. The van der Waals surface area contributed by atoms with Crippen LogP contribution in [0.3, 0.4) is 0 Å². The van der Waals surface area contributed by atoms with Crippen LogP contribution in [-0.4, -0.2) is 18.1 Å². The highest BCUT2D eigenvalue weighted by Crippen LogP contribution is 2.33. The summed E-state index contributed by atoms with van der Waals surface area (Å²) >= 11 is 0. The molecule has 1 fully saturated rings. The summed E-state index contributed by atoms with van der Waals surface area (Å²) in [5.74, 6) is -1.49. The van der Waals surface area contributed by atoms with Crippen LogP contribution in [0.4, 0.5) is 14.5 Å². The SMILES string of the molecule is C=C(Nc1ccccc1F)[C@H]1C(=O)NC[C@@H]1C(=C)/C=C(\C)C(C)(C)F. The number of benzene rings is 1. The van der Waals surface area contributed by atoms with E-state index in [0.717, 1.165) is 0 Å². The van der Waals surface area contributed by atoms with Crippen LogP contribution in [0.2, 0.25) is 0 Å². The van der Waals surface area contributed by atoms with Gasteiger partial charge in [0.25, 0.3) is 0 Å². The monoisotopic (exact) mass is 346 g/mol. The van der Waals surface area contributed by atoms with Gasteiger partial charge in [-0.3, -0.25) is 4.79 Å². The van der Waals surface area contributed by atoms with E-state index in [4.69, 9.17) is 0 Å². The molecule has 1 heterocycles. The van der Waals surface area contributed by atoms with Crippen LogP contribution in [0.25, 0.3) is 0 Å². The average molecular weight is 346 g/mol. The lowest BCUT2D eigenvalue weighted by Crippen LogP contribution is -2.25. The summed E-state index contributed by atoms with van der Waals surface area (Å²) in [5, 5.41) is 5.66. The number of halogens is 2. The zero-order valence-corrected chi connectivity index (χ0v) is 14.8. The largest absolute Gasteiger partial charge is 0.356 e. The third-order valence-electron chi connectivity index (χ3n) is 4.54. The van der Waals surface area contributed by atoms with Crippen LogP contribution in [-0.2, 0) is 4.79 Å². The molecule has 0 radical (unpaired) electrons. The summed E-state index contributed by atoms with van der Waals surface area (Å²) < 4.78 is 27.9. The molecule has 0 saturated carbocycles. The van der Waals surface area contributed by atoms with Crippen molar-refractivity contribution in [3.63, 3.8) is 0 Å². The number of amides is 1. The van der Waals surface area contributed by atoms with E-state index in [2.05, 4.69) is 23.8 Å². The maximum absolute atomic E-state index is 14.0.